The van der Waals surface area contributed by atoms with Crippen LogP contribution in [0.5, 0.6) is 0 Å². The molecule has 60 valence electrons. The molecule has 0 aliphatic heterocycles. The van der Waals surface area contributed by atoms with Crippen LogP contribution in [-0.2, 0) is 0 Å². The first-order valence-corrected chi connectivity index (χ1v) is 3.45. The van der Waals surface area contributed by atoms with Crippen molar-refractivity contribution in [1.29, 1.82) is 5.26 Å². The van der Waals surface area contributed by atoms with Crippen molar-refractivity contribution < 1.29 is 10.0 Å². The van der Waals surface area contributed by atoms with Gasteiger partial charge in [0, 0.05) is 0 Å². The summed E-state index contributed by atoms with van der Waals surface area (Å²) in [6.07, 6.45) is 0. The van der Waals surface area contributed by atoms with Gasteiger partial charge in [-0.2, -0.15) is 5.26 Å². The largest absolute Gasteiger partial charge is 0.488 e. The molecule has 1 aromatic rings. The zero-order chi connectivity index (χ0) is 9.14. The number of halogens is 1. The summed E-state index contributed by atoms with van der Waals surface area (Å²) in [6, 6.07) is 4.29. The maximum absolute atomic E-state index is 8.73. The molecule has 1 rings (SSSR count). The minimum Gasteiger partial charge on any atom is -0.423 e. The summed E-state index contributed by atoms with van der Waals surface area (Å²) >= 11 is 5.49. The van der Waals surface area contributed by atoms with Crippen molar-refractivity contribution in [2.24, 2.45) is 0 Å². The van der Waals surface area contributed by atoms with E-state index >= 15 is 0 Å². The molecule has 0 saturated carbocycles. The third-order valence-electron chi connectivity index (χ3n) is 1.23. The predicted octanol–water partition coefficient (Wildman–Crippen LogP) is -0.714. The lowest BCUT2D eigenvalue weighted by Gasteiger charge is -1.99. The number of hydrogen-bond donors (Lipinski definition) is 2. The number of hydrogen-bond acceptors (Lipinski definition) is 4. The summed E-state index contributed by atoms with van der Waals surface area (Å²) in [4.78, 5) is 3.62. The molecule has 4 nitrogen and oxygen atoms in total. The van der Waals surface area contributed by atoms with Crippen molar-refractivity contribution >= 4 is 24.2 Å². The van der Waals surface area contributed by atoms with E-state index in [1.54, 1.807) is 6.07 Å². The molecule has 0 aliphatic rings. The summed E-state index contributed by atoms with van der Waals surface area (Å²) in [6.45, 7) is 0. The number of pyridine rings is 1. The zero-order valence-electron chi connectivity index (χ0n) is 5.90. The summed E-state index contributed by atoms with van der Waals surface area (Å²) in [5.41, 5.74) is 0.220. The van der Waals surface area contributed by atoms with Crippen LogP contribution < -0.4 is 5.46 Å². The lowest BCUT2D eigenvalue weighted by Crippen LogP contribution is -2.30. The van der Waals surface area contributed by atoms with E-state index in [2.05, 4.69) is 4.98 Å². The third kappa shape index (κ3) is 1.95. The second kappa shape index (κ2) is 3.54. The van der Waals surface area contributed by atoms with Crippen LogP contribution in [0.15, 0.2) is 12.1 Å². The van der Waals surface area contributed by atoms with Gasteiger partial charge in [0.25, 0.3) is 0 Å². The molecule has 0 atom stereocenters. The number of nitriles is 1. The highest BCUT2D eigenvalue weighted by molar-refractivity contribution is 6.59. The molecular formula is C6H4BClN2O2. The van der Waals surface area contributed by atoms with Gasteiger partial charge in [-0.3, -0.25) is 0 Å². The van der Waals surface area contributed by atoms with Crippen LogP contribution in [0.2, 0.25) is 5.15 Å². The molecule has 1 aromatic heterocycles. The topological polar surface area (TPSA) is 77.1 Å². The molecule has 0 spiro atoms. The van der Waals surface area contributed by atoms with Gasteiger partial charge in [-0.05, 0) is 17.6 Å². The van der Waals surface area contributed by atoms with E-state index in [0.29, 0.717) is 0 Å². The molecule has 12 heavy (non-hydrogen) atoms. The summed E-state index contributed by atoms with van der Waals surface area (Å²) < 4.78 is 0. The van der Waals surface area contributed by atoms with Crippen molar-refractivity contribution in [1.82, 2.24) is 4.98 Å². The van der Waals surface area contributed by atoms with Crippen molar-refractivity contribution in [3.8, 4) is 6.07 Å². The SMILES string of the molecule is N#Cc1cc(B(O)O)cc(Cl)n1. The van der Waals surface area contributed by atoms with Crippen molar-refractivity contribution in [3.63, 3.8) is 0 Å². The van der Waals surface area contributed by atoms with Crippen LogP contribution in [0.3, 0.4) is 0 Å². The Kier molecular flexibility index (Phi) is 2.66. The van der Waals surface area contributed by atoms with Crippen LogP contribution in [0.25, 0.3) is 0 Å². The Morgan fingerprint density at radius 3 is 2.67 bits per heavy atom. The van der Waals surface area contributed by atoms with Crippen LogP contribution >= 0.6 is 11.6 Å². The number of aromatic nitrogens is 1. The van der Waals surface area contributed by atoms with Crippen molar-refractivity contribution in [3.05, 3.63) is 23.0 Å². The van der Waals surface area contributed by atoms with Gasteiger partial charge < -0.3 is 10.0 Å². The van der Waals surface area contributed by atoms with Crippen molar-refractivity contribution in [2.75, 3.05) is 0 Å². The molecule has 0 aliphatic carbocycles. The Labute approximate surface area is 74.2 Å². The fourth-order valence-electron chi connectivity index (χ4n) is 0.723. The smallest absolute Gasteiger partial charge is 0.423 e. The summed E-state index contributed by atoms with van der Waals surface area (Å²) in [5.74, 6) is 0. The molecular weight excluding hydrogens is 178 g/mol. The first-order valence-electron chi connectivity index (χ1n) is 3.07. The Morgan fingerprint density at radius 1 is 1.50 bits per heavy atom. The highest BCUT2D eigenvalue weighted by atomic mass is 35.5. The highest BCUT2D eigenvalue weighted by Gasteiger charge is 2.12. The van der Waals surface area contributed by atoms with Crippen molar-refractivity contribution in [2.45, 2.75) is 0 Å². The summed E-state index contributed by atoms with van der Waals surface area (Å²) in [5, 5.41) is 26.0. The van der Waals surface area contributed by atoms with E-state index in [1.165, 1.54) is 12.1 Å². The number of nitrogens with zero attached hydrogens (tertiary/aromatic N) is 2. The molecule has 0 amide bonds. The minimum absolute atomic E-state index is 0.0607. The molecule has 1 heterocycles. The van der Waals surface area contributed by atoms with Gasteiger partial charge in [-0.15, -0.1) is 0 Å². The first-order chi connectivity index (χ1) is 5.63. The van der Waals surface area contributed by atoms with Gasteiger partial charge in [0.15, 0.2) is 0 Å². The predicted molar refractivity (Wildman–Crippen MR) is 43.8 cm³/mol. The van der Waals surface area contributed by atoms with E-state index in [1.807, 2.05) is 0 Å². The summed E-state index contributed by atoms with van der Waals surface area (Å²) in [7, 11) is -1.63. The maximum atomic E-state index is 8.73. The lowest BCUT2D eigenvalue weighted by atomic mass is 9.81. The Morgan fingerprint density at radius 2 is 2.17 bits per heavy atom. The van der Waals surface area contributed by atoms with E-state index in [4.69, 9.17) is 26.9 Å². The first kappa shape index (κ1) is 9.01. The lowest BCUT2D eigenvalue weighted by molar-refractivity contribution is 0.425. The highest BCUT2D eigenvalue weighted by Crippen LogP contribution is 2.02. The average Bonchev–Trinajstić information content (AvgIpc) is 2.03. The number of rotatable bonds is 1. The molecule has 0 saturated heterocycles. The average molecular weight is 182 g/mol. The molecule has 0 radical (unpaired) electrons. The fraction of sp³-hybridized carbons (Fsp3) is 0. The normalized spacial score (nSPS) is 9.17. The van der Waals surface area contributed by atoms with Crippen LogP contribution in [0.4, 0.5) is 0 Å². The van der Waals surface area contributed by atoms with Crippen LogP contribution in [-0.4, -0.2) is 22.2 Å². The van der Waals surface area contributed by atoms with Gasteiger partial charge in [0.2, 0.25) is 0 Å². The minimum atomic E-state index is -1.63. The van der Waals surface area contributed by atoms with E-state index in [9.17, 15) is 0 Å². The molecule has 6 heteroatoms. The Hall–Kier alpha value is -1.09. The Balaban J connectivity index is 3.17. The standard InChI is InChI=1S/C6H4BClN2O2/c8-6-2-4(7(11)12)1-5(3-9)10-6/h1-2,11-12H. The Bertz CT molecular complexity index is 337. The quantitative estimate of drug-likeness (QED) is 0.444. The van der Waals surface area contributed by atoms with E-state index < -0.39 is 7.12 Å². The third-order valence-corrected chi connectivity index (χ3v) is 1.42. The molecule has 0 unspecified atom stereocenters. The van der Waals surface area contributed by atoms with Crippen LogP contribution in [0, 0.1) is 11.3 Å². The fourth-order valence-corrected chi connectivity index (χ4v) is 0.940. The van der Waals surface area contributed by atoms with Gasteiger partial charge in [-0.25, -0.2) is 4.98 Å². The van der Waals surface area contributed by atoms with E-state index in [-0.39, 0.29) is 16.3 Å². The molecule has 2 N–H and O–H groups in total. The monoisotopic (exact) mass is 182 g/mol. The second-order valence-electron chi connectivity index (χ2n) is 2.09. The van der Waals surface area contributed by atoms with Gasteiger partial charge in [-0.1, -0.05) is 11.6 Å². The molecule has 0 fully saturated rings. The zero-order valence-corrected chi connectivity index (χ0v) is 6.65. The second-order valence-corrected chi connectivity index (χ2v) is 2.48. The van der Waals surface area contributed by atoms with Crippen LogP contribution in [0.1, 0.15) is 5.69 Å². The van der Waals surface area contributed by atoms with Gasteiger partial charge >= 0.3 is 7.12 Å². The maximum Gasteiger partial charge on any atom is 0.488 e. The van der Waals surface area contributed by atoms with Gasteiger partial charge in [0.1, 0.15) is 16.9 Å². The molecule has 0 bridgehead atoms. The molecule has 0 aromatic carbocycles. The van der Waals surface area contributed by atoms with E-state index in [0.717, 1.165) is 0 Å². The van der Waals surface area contributed by atoms with Gasteiger partial charge in [0.05, 0.1) is 0 Å².